The summed E-state index contributed by atoms with van der Waals surface area (Å²) in [5.41, 5.74) is 11.5. The number of unbranched alkanes of at least 4 members (excludes halogenated alkanes) is 1. The van der Waals surface area contributed by atoms with Crippen LogP contribution in [0.25, 0.3) is 0 Å². The van der Waals surface area contributed by atoms with Crippen LogP contribution in [0.2, 0.25) is 5.02 Å². The lowest BCUT2D eigenvalue weighted by Crippen LogP contribution is -2.35. The highest BCUT2D eigenvalue weighted by atomic mass is 35.5. The van der Waals surface area contributed by atoms with E-state index in [0.717, 1.165) is 65.4 Å². The Hall–Kier alpha value is -3.35. The number of hydrogen-bond acceptors (Lipinski definition) is 6. The number of nitrogen functional groups attached to an aromatic ring is 1. The van der Waals surface area contributed by atoms with Gasteiger partial charge in [0.05, 0.1) is 7.11 Å². The molecule has 6 rings (SSSR count). The summed E-state index contributed by atoms with van der Waals surface area (Å²) < 4.78 is 5.26. The van der Waals surface area contributed by atoms with Crippen molar-refractivity contribution in [3.05, 3.63) is 88.4 Å². The molecule has 6 nitrogen and oxygen atoms in total. The van der Waals surface area contributed by atoms with Crippen molar-refractivity contribution in [1.82, 2.24) is 4.90 Å². The molecule has 3 fully saturated rings. The standard InChI is InChI=1S/C46H62ClN3O3/c1-53-43-19-9-37(10-20-43)32-40-15-22-45(51)39(14-21-46(40)52)12-11-38-13-18-42(33-44(38)47)50-30-25-34(26-31-50)4-2-3-27-49-28-23-36(24-29-49)6-5-35-7-16-41(48)17-8-35/h7-10,13,16-20,33-34,36,39-40H,2-6,11-12,14-15,21-32,48H2,1H3. The molecule has 53 heavy (non-hydrogen) atoms. The number of halogens is 1. The van der Waals surface area contributed by atoms with Gasteiger partial charge < -0.3 is 20.3 Å². The van der Waals surface area contributed by atoms with E-state index >= 15 is 0 Å². The molecule has 2 heterocycles. The second-order valence-corrected chi connectivity index (χ2v) is 16.7. The Labute approximate surface area is 323 Å². The number of benzene rings is 3. The molecular formula is C46H62ClN3O3. The Morgan fingerprint density at radius 3 is 2.04 bits per heavy atom. The molecule has 2 aliphatic heterocycles. The number of hydrogen-bond donors (Lipinski definition) is 1. The van der Waals surface area contributed by atoms with Gasteiger partial charge in [0.1, 0.15) is 17.3 Å². The first-order chi connectivity index (χ1) is 25.8. The van der Waals surface area contributed by atoms with Gasteiger partial charge in [-0.05, 0) is 162 Å². The van der Waals surface area contributed by atoms with E-state index < -0.39 is 0 Å². The summed E-state index contributed by atoms with van der Waals surface area (Å²) in [7, 11) is 1.65. The third-order valence-corrected chi connectivity index (χ3v) is 13.0. The molecule has 0 bridgehead atoms. The van der Waals surface area contributed by atoms with E-state index in [4.69, 9.17) is 22.1 Å². The van der Waals surface area contributed by atoms with Gasteiger partial charge in [-0.25, -0.2) is 0 Å². The van der Waals surface area contributed by atoms with Gasteiger partial charge in [0.15, 0.2) is 0 Å². The summed E-state index contributed by atoms with van der Waals surface area (Å²) in [6.45, 7) is 5.97. The molecule has 1 saturated carbocycles. The highest BCUT2D eigenvalue weighted by Crippen LogP contribution is 2.32. The van der Waals surface area contributed by atoms with Gasteiger partial charge in [-0.15, -0.1) is 0 Å². The van der Waals surface area contributed by atoms with Crippen LogP contribution < -0.4 is 15.4 Å². The fourth-order valence-electron chi connectivity index (χ4n) is 9.00. The first kappa shape index (κ1) is 39.3. The Kier molecular flexibility index (Phi) is 14.7. The maximum atomic E-state index is 13.2. The van der Waals surface area contributed by atoms with Gasteiger partial charge in [-0.3, -0.25) is 9.59 Å². The fourth-order valence-corrected chi connectivity index (χ4v) is 9.27. The first-order valence-electron chi connectivity index (χ1n) is 20.6. The number of carbonyl (C=O) groups excluding carboxylic acids is 2. The SMILES string of the molecule is COc1ccc(CC2CCC(=O)C(CCc3ccc(N4CCC(CCCCN5CCC(CCc6ccc(N)cc6)CC5)CC4)cc3Cl)CCC2=O)cc1. The Morgan fingerprint density at radius 2 is 1.34 bits per heavy atom. The molecule has 3 aliphatic rings. The van der Waals surface area contributed by atoms with E-state index in [9.17, 15) is 9.59 Å². The van der Waals surface area contributed by atoms with E-state index in [1.165, 1.54) is 88.7 Å². The lowest BCUT2D eigenvalue weighted by atomic mass is 9.80. The Balaban J connectivity index is 0.849. The molecule has 2 atom stereocenters. The van der Waals surface area contributed by atoms with E-state index in [0.29, 0.717) is 37.9 Å². The molecule has 2 unspecified atom stereocenters. The van der Waals surface area contributed by atoms with E-state index in [1.54, 1.807) is 7.11 Å². The molecule has 0 spiro atoms. The van der Waals surface area contributed by atoms with Crippen molar-refractivity contribution < 1.29 is 14.3 Å². The van der Waals surface area contributed by atoms with Crippen molar-refractivity contribution >= 4 is 34.5 Å². The second-order valence-electron chi connectivity index (χ2n) is 16.3. The smallest absolute Gasteiger partial charge is 0.136 e. The van der Waals surface area contributed by atoms with Crippen molar-refractivity contribution in [2.45, 2.75) is 103 Å². The average Bonchev–Trinajstić information content (AvgIpc) is 3.18. The molecule has 0 aromatic heterocycles. The number of piperidine rings is 2. The molecule has 0 radical (unpaired) electrons. The number of Topliss-reactive ketones (excluding diaryl/α,β-unsaturated/α-hetero) is 2. The van der Waals surface area contributed by atoms with Crippen molar-refractivity contribution in [2.75, 3.05) is 50.5 Å². The van der Waals surface area contributed by atoms with Crippen LogP contribution >= 0.6 is 11.6 Å². The topological polar surface area (TPSA) is 75.9 Å². The van der Waals surface area contributed by atoms with Gasteiger partial charge in [0.25, 0.3) is 0 Å². The summed E-state index contributed by atoms with van der Waals surface area (Å²) in [5, 5.41) is 0.796. The number of nitrogens with two attached hydrogens (primary N) is 1. The fraction of sp³-hybridized carbons (Fsp3) is 0.565. The van der Waals surface area contributed by atoms with Gasteiger partial charge in [-0.2, -0.15) is 0 Å². The molecule has 2 N–H and O–H groups in total. The summed E-state index contributed by atoms with van der Waals surface area (Å²) in [4.78, 5) is 31.5. The van der Waals surface area contributed by atoms with Gasteiger partial charge in [0, 0.05) is 54.2 Å². The van der Waals surface area contributed by atoms with Crippen molar-refractivity contribution in [3.63, 3.8) is 0 Å². The Bertz CT molecular complexity index is 1590. The van der Waals surface area contributed by atoms with E-state index in [1.807, 2.05) is 36.4 Å². The van der Waals surface area contributed by atoms with Crippen molar-refractivity contribution in [3.8, 4) is 5.75 Å². The highest BCUT2D eigenvalue weighted by Gasteiger charge is 2.28. The van der Waals surface area contributed by atoms with Gasteiger partial charge in [0.2, 0.25) is 0 Å². The number of anilines is 2. The molecule has 3 aromatic rings. The average molecular weight is 740 g/mol. The molecule has 0 amide bonds. The van der Waals surface area contributed by atoms with Crippen LogP contribution in [0.5, 0.6) is 5.75 Å². The van der Waals surface area contributed by atoms with Crippen LogP contribution in [0.15, 0.2) is 66.7 Å². The number of methoxy groups -OCH3 is 1. The monoisotopic (exact) mass is 739 g/mol. The minimum Gasteiger partial charge on any atom is -0.497 e. The lowest BCUT2D eigenvalue weighted by Gasteiger charge is -2.34. The largest absolute Gasteiger partial charge is 0.497 e. The zero-order chi connectivity index (χ0) is 37.0. The highest BCUT2D eigenvalue weighted by molar-refractivity contribution is 6.31. The molecule has 286 valence electrons. The van der Waals surface area contributed by atoms with Crippen LogP contribution in [-0.4, -0.2) is 56.3 Å². The maximum absolute atomic E-state index is 13.2. The summed E-state index contributed by atoms with van der Waals surface area (Å²) in [6.07, 6.45) is 16.1. The summed E-state index contributed by atoms with van der Waals surface area (Å²) >= 11 is 6.85. The Morgan fingerprint density at radius 1 is 0.698 bits per heavy atom. The van der Waals surface area contributed by atoms with E-state index in [-0.39, 0.29) is 17.6 Å². The number of nitrogens with zero attached hydrogens (tertiary/aromatic N) is 2. The third-order valence-electron chi connectivity index (χ3n) is 12.7. The van der Waals surface area contributed by atoms with Crippen LogP contribution in [0.1, 0.15) is 100 Å². The maximum Gasteiger partial charge on any atom is 0.136 e. The third kappa shape index (κ3) is 11.8. The molecule has 1 aliphatic carbocycles. The summed E-state index contributed by atoms with van der Waals surface area (Å²) in [5.74, 6) is 2.93. The molecule has 3 aromatic carbocycles. The molecule has 7 heteroatoms. The minimum absolute atomic E-state index is 0.0700. The van der Waals surface area contributed by atoms with Crippen LogP contribution in [0.3, 0.4) is 0 Å². The predicted molar refractivity (Wildman–Crippen MR) is 219 cm³/mol. The zero-order valence-electron chi connectivity index (χ0n) is 32.1. The number of aryl methyl sites for hydroxylation is 2. The predicted octanol–water partition coefficient (Wildman–Crippen LogP) is 9.78. The number of likely N-dealkylation sites (tertiary alicyclic amines) is 1. The molecule has 2 saturated heterocycles. The quantitative estimate of drug-likeness (QED) is 0.124. The number of rotatable bonds is 15. The number of ether oxygens (including phenoxy) is 1. The minimum atomic E-state index is -0.0865. The number of carbonyl (C=O) groups is 2. The number of ketones is 2. The summed E-state index contributed by atoms with van der Waals surface area (Å²) in [6, 6.07) is 22.8. The van der Waals surface area contributed by atoms with Gasteiger partial charge in [-0.1, -0.05) is 54.8 Å². The van der Waals surface area contributed by atoms with E-state index in [2.05, 4.69) is 40.1 Å². The zero-order valence-corrected chi connectivity index (χ0v) is 32.8. The molecular weight excluding hydrogens is 678 g/mol. The normalized spacial score (nSPS) is 21.1. The van der Waals surface area contributed by atoms with Crippen molar-refractivity contribution in [2.24, 2.45) is 23.7 Å². The van der Waals surface area contributed by atoms with Gasteiger partial charge >= 0.3 is 0 Å². The second kappa shape index (κ2) is 19.8. The van der Waals surface area contributed by atoms with Crippen molar-refractivity contribution in [1.29, 1.82) is 0 Å². The lowest BCUT2D eigenvalue weighted by molar-refractivity contribution is -0.128. The first-order valence-corrected chi connectivity index (χ1v) is 21.0. The van der Waals surface area contributed by atoms with Crippen LogP contribution in [0.4, 0.5) is 11.4 Å². The van der Waals surface area contributed by atoms with Crippen LogP contribution in [0, 0.1) is 23.7 Å². The van der Waals surface area contributed by atoms with Crippen LogP contribution in [-0.2, 0) is 28.9 Å².